The predicted octanol–water partition coefficient (Wildman–Crippen LogP) is 4.10. The van der Waals surface area contributed by atoms with E-state index in [9.17, 15) is 9.59 Å². The maximum absolute atomic E-state index is 13.2. The normalized spacial score (nSPS) is 15.8. The number of carbonyl (C=O) groups excluding carboxylic acids is 2. The van der Waals surface area contributed by atoms with Crippen LogP contribution in [-0.2, 0) is 14.9 Å². The van der Waals surface area contributed by atoms with Crippen molar-refractivity contribution < 1.29 is 23.8 Å². The molecule has 190 valence electrons. The summed E-state index contributed by atoms with van der Waals surface area (Å²) in [7, 11) is 0. The van der Waals surface area contributed by atoms with Gasteiger partial charge in [0.2, 0.25) is 5.91 Å². The number of rotatable bonds is 11. The number of ether oxygens (including phenoxy) is 3. The van der Waals surface area contributed by atoms with Crippen molar-refractivity contribution in [2.24, 2.45) is 5.92 Å². The van der Waals surface area contributed by atoms with Gasteiger partial charge in [-0.1, -0.05) is 26.0 Å². The molecule has 1 atom stereocenters. The second-order valence-corrected chi connectivity index (χ2v) is 9.22. The summed E-state index contributed by atoms with van der Waals surface area (Å²) in [6, 6.07) is 14.4. The molecule has 0 bridgehead atoms. The Bertz CT molecular complexity index is 950. The largest absolute Gasteiger partial charge is 0.494 e. The van der Waals surface area contributed by atoms with Crippen molar-refractivity contribution in [2.75, 3.05) is 33.0 Å². The lowest BCUT2D eigenvalue weighted by Crippen LogP contribution is -2.53. The minimum atomic E-state index is -0.647. The average molecular weight is 483 g/mol. The zero-order chi connectivity index (χ0) is 25.3. The highest BCUT2D eigenvalue weighted by Crippen LogP contribution is 2.35. The van der Waals surface area contributed by atoms with Gasteiger partial charge in [-0.25, -0.2) is 0 Å². The SMILES string of the molecule is CCOc1ccc(C(=O)NC(C(=O)NCC2(c3ccc(OCC)cc3)CCOCC2)C(C)C)cc1. The first-order valence-corrected chi connectivity index (χ1v) is 12.5. The number of hydrogen-bond acceptors (Lipinski definition) is 5. The van der Waals surface area contributed by atoms with Gasteiger partial charge in [0.15, 0.2) is 0 Å². The predicted molar refractivity (Wildman–Crippen MR) is 136 cm³/mol. The molecule has 1 fully saturated rings. The lowest BCUT2D eigenvalue weighted by atomic mass is 9.74. The average Bonchev–Trinajstić information content (AvgIpc) is 2.87. The summed E-state index contributed by atoms with van der Waals surface area (Å²) in [6.07, 6.45) is 1.62. The molecule has 7 nitrogen and oxygen atoms in total. The van der Waals surface area contributed by atoms with Crippen LogP contribution in [0.2, 0.25) is 0 Å². The molecule has 35 heavy (non-hydrogen) atoms. The summed E-state index contributed by atoms with van der Waals surface area (Å²) in [5.41, 5.74) is 1.42. The summed E-state index contributed by atoms with van der Waals surface area (Å²) < 4.78 is 16.7. The van der Waals surface area contributed by atoms with Gasteiger partial charge >= 0.3 is 0 Å². The van der Waals surface area contributed by atoms with Gasteiger partial charge in [0.1, 0.15) is 17.5 Å². The van der Waals surface area contributed by atoms with Gasteiger partial charge in [-0.05, 0) is 74.6 Å². The van der Waals surface area contributed by atoms with Crippen LogP contribution in [0.15, 0.2) is 48.5 Å². The lowest BCUT2D eigenvalue weighted by molar-refractivity contribution is -0.124. The van der Waals surface area contributed by atoms with E-state index in [0.717, 1.165) is 24.2 Å². The Morgan fingerprint density at radius 3 is 1.97 bits per heavy atom. The van der Waals surface area contributed by atoms with Gasteiger partial charge in [0.25, 0.3) is 5.91 Å². The summed E-state index contributed by atoms with van der Waals surface area (Å²) in [5.74, 6) is 1.00. The lowest BCUT2D eigenvalue weighted by Gasteiger charge is -2.38. The van der Waals surface area contributed by atoms with E-state index in [1.54, 1.807) is 24.3 Å². The number of nitrogens with one attached hydrogen (secondary N) is 2. The van der Waals surface area contributed by atoms with E-state index < -0.39 is 6.04 Å². The minimum Gasteiger partial charge on any atom is -0.494 e. The van der Waals surface area contributed by atoms with Gasteiger partial charge in [-0.3, -0.25) is 9.59 Å². The van der Waals surface area contributed by atoms with E-state index in [1.165, 1.54) is 0 Å². The zero-order valence-corrected chi connectivity index (χ0v) is 21.3. The molecule has 1 heterocycles. The Balaban J connectivity index is 1.68. The quantitative estimate of drug-likeness (QED) is 0.504. The van der Waals surface area contributed by atoms with Gasteiger partial charge < -0.3 is 24.8 Å². The minimum absolute atomic E-state index is 0.0715. The van der Waals surface area contributed by atoms with Crippen LogP contribution in [0, 0.1) is 5.92 Å². The molecule has 0 saturated carbocycles. The second-order valence-electron chi connectivity index (χ2n) is 9.22. The first-order chi connectivity index (χ1) is 16.9. The van der Waals surface area contributed by atoms with E-state index in [2.05, 4.69) is 22.8 Å². The Hall–Kier alpha value is -3.06. The summed E-state index contributed by atoms with van der Waals surface area (Å²) in [5, 5.41) is 6.05. The Morgan fingerprint density at radius 1 is 0.914 bits per heavy atom. The van der Waals surface area contributed by atoms with E-state index in [1.807, 2.05) is 39.8 Å². The molecule has 3 rings (SSSR count). The standard InChI is InChI=1S/C28H38N2O5/c1-5-34-23-11-7-21(8-12-23)26(31)30-25(20(3)4)27(32)29-19-28(15-17-33-18-16-28)22-9-13-24(14-10-22)35-6-2/h7-14,20,25H,5-6,15-19H2,1-4H3,(H,29,32)(H,30,31). The fourth-order valence-electron chi connectivity index (χ4n) is 4.40. The van der Waals surface area contributed by atoms with Crippen LogP contribution in [0.3, 0.4) is 0 Å². The third-order valence-corrected chi connectivity index (χ3v) is 6.49. The van der Waals surface area contributed by atoms with E-state index in [4.69, 9.17) is 14.2 Å². The Morgan fingerprint density at radius 2 is 1.46 bits per heavy atom. The van der Waals surface area contributed by atoms with Gasteiger partial charge in [0.05, 0.1) is 13.2 Å². The molecule has 2 aromatic rings. The van der Waals surface area contributed by atoms with E-state index in [0.29, 0.717) is 44.3 Å². The van der Waals surface area contributed by atoms with Crippen LogP contribution >= 0.6 is 0 Å². The molecule has 1 saturated heterocycles. The molecule has 0 aliphatic carbocycles. The zero-order valence-electron chi connectivity index (χ0n) is 21.3. The fourth-order valence-corrected chi connectivity index (χ4v) is 4.40. The van der Waals surface area contributed by atoms with Crippen LogP contribution in [0.4, 0.5) is 0 Å². The Labute approximate surface area is 208 Å². The highest BCUT2D eigenvalue weighted by Gasteiger charge is 2.36. The van der Waals surface area contributed by atoms with E-state index in [-0.39, 0.29) is 23.1 Å². The van der Waals surface area contributed by atoms with Crippen LogP contribution in [-0.4, -0.2) is 50.8 Å². The third-order valence-electron chi connectivity index (χ3n) is 6.49. The second kappa shape index (κ2) is 12.6. The van der Waals surface area contributed by atoms with Crippen molar-refractivity contribution in [1.29, 1.82) is 0 Å². The molecule has 1 aliphatic rings. The van der Waals surface area contributed by atoms with Crippen molar-refractivity contribution in [3.05, 3.63) is 59.7 Å². The number of benzene rings is 2. The van der Waals surface area contributed by atoms with Crippen molar-refractivity contribution >= 4 is 11.8 Å². The summed E-state index contributed by atoms with van der Waals surface area (Å²) in [4.78, 5) is 26.1. The highest BCUT2D eigenvalue weighted by molar-refractivity contribution is 5.97. The molecule has 1 unspecified atom stereocenters. The van der Waals surface area contributed by atoms with Crippen LogP contribution in [0.25, 0.3) is 0 Å². The third kappa shape index (κ3) is 6.98. The van der Waals surface area contributed by atoms with Crippen LogP contribution in [0.5, 0.6) is 11.5 Å². The maximum atomic E-state index is 13.2. The summed E-state index contributed by atoms with van der Waals surface area (Å²) in [6.45, 7) is 10.7. The van der Waals surface area contributed by atoms with Crippen molar-refractivity contribution in [1.82, 2.24) is 10.6 Å². The van der Waals surface area contributed by atoms with Crippen molar-refractivity contribution in [3.8, 4) is 11.5 Å². The molecule has 0 radical (unpaired) electrons. The van der Waals surface area contributed by atoms with E-state index >= 15 is 0 Å². The van der Waals surface area contributed by atoms with Gasteiger partial charge in [0, 0.05) is 30.7 Å². The highest BCUT2D eigenvalue weighted by atomic mass is 16.5. The molecular formula is C28H38N2O5. The molecule has 2 aromatic carbocycles. The molecule has 7 heteroatoms. The monoisotopic (exact) mass is 482 g/mol. The first-order valence-electron chi connectivity index (χ1n) is 12.5. The molecule has 0 aromatic heterocycles. The smallest absolute Gasteiger partial charge is 0.251 e. The molecule has 0 spiro atoms. The maximum Gasteiger partial charge on any atom is 0.251 e. The van der Waals surface area contributed by atoms with Crippen molar-refractivity contribution in [3.63, 3.8) is 0 Å². The van der Waals surface area contributed by atoms with Crippen LogP contribution < -0.4 is 20.1 Å². The molecule has 2 amide bonds. The molecular weight excluding hydrogens is 444 g/mol. The summed E-state index contributed by atoms with van der Waals surface area (Å²) >= 11 is 0. The fraction of sp³-hybridized carbons (Fsp3) is 0.500. The van der Waals surface area contributed by atoms with Gasteiger partial charge in [-0.2, -0.15) is 0 Å². The number of carbonyl (C=O) groups is 2. The molecule has 1 aliphatic heterocycles. The number of amides is 2. The first kappa shape index (κ1) is 26.5. The van der Waals surface area contributed by atoms with Gasteiger partial charge in [-0.15, -0.1) is 0 Å². The topological polar surface area (TPSA) is 85.9 Å². The number of hydrogen-bond donors (Lipinski definition) is 2. The van der Waals surface area contributed by atoms with Crippen LogP contribution in [0.1, 0.15) is 56.5 Å². The Kier molecular flexibility index (Phi) is 9.55. The molecule has 2 N–H and O–H groups in total. The van der Waals surface area contributed by atoms with Crippen molar-refractivity contribution in [2.45, 2.75) is 52.0 Å².